The minimum Gasteiger partial charge on any atom is -0.476 e. The second kappa shape index (κ2) is 19.3. The maximum atomic E-state index is 14.5. The molecule has 4 saturated heterocycles. The van der Waals surface area contributed by atoms with Crippen LogP contribution in [-0.4, -0.2) is 147 Å². The molecule has 71 heavy (non-hydrogen) atoms. The van der Waals surface area contributed by atoms with E-state index in [4.69, 9.17) is 26.1 Å². The number of nitro groups is 1. The first-order chi connectivity index (χ1) is 34.2. The lowest BCUT2D eigenvalue weighted by Gasteiger charge is -2.42. The second-order valence-corrected chi connectivity index (χ2v) is 22.8. The van der Waals surface area contributed by atoms with E-state index in [0.29, 0.717) is 73.7 Å². The van der Waals surface area contributed by atoms with Gasteiger partial charge in [0.25, 0.3) is 21.6 Å². The van der Waals surface area contributed by atoms with Gasteiger partial charge in [-0.3, -0.25) is 29.6 Å². The highest BCUT2D eigenvalue weighted by Gasteiger charge is 2.47. The number of rotatable bonds is 14. The minimum atomic E-state index is -4.58. The van der Waals surface area contributed by atoms with E-state index in [1.54, 1.807) is 12.3 Å². The number of ether oxygens (including phenoxy) is 2. The number of sulfonamides is 1. The van der Waals surface area contributed by atoms with Crippen molar-refractivity contribution in [3.63, 3.8) is 0 Å². The molecule has 2 bridgehead atoms. The Bertz CT molecular complexity index is 2990. The molecule has 1 aliphatic carbocycles. The van der Waals surface area contributed by atoms with E-state index in [2.05, 4.69) is 60.6 Å². The van der Waals surface area contributed by atoms with Gasteiger partial charge in [0, 0.05) is 106 Å². The molecular weight excluding hydrogens is 944 g/mol. The molecule has 2 aromatic heterocycles. The lowest BCUT2D eigenvalue weighted by atomic mass is 9.72. The molecule has 1 amide bonds. The maximum Gasteiger partial charge on any atom is 0.293 e. The van der Waals surface area contributed by atoms with Crippen molar-refractivity contribution in [3.8, 4) is 5.88 Å². The monoisotopic (exact) mass is 1000 g/mol. The molecule has 5 aromatic rings. The van der Waals surface area contributed by atoms with Crippen LogP contribution < -0.4 is 24.6 Å². The zero-order valence-electron chi connectivity index (χ0n) is 40.2. The van der Waals surface area contributed by atoms with Crippen LogP contribution in [0, 0.1) is 15.5 Å². The molecule has 2 unspecified atom stereocenters. The van der Waals surface area contributed by atoms with Gasteiger partial charge in [-0.15, -0.1) is 0 Å². The molecule has 3 aromatic carbocycles. The van der Waals surface area contributed by atoms with E-state index in [9.17, 15) is 23.3 Å². The number of hydrogen-bond acceptors (Lipinski definition) is 14. The summed E-state index contributed by atoms with van der Waals surface area (Å²) >= 11 is 6.29. The highest BCUT2D eigenvalue weighted by molar-refractivity contribution is 7.90. The number of fused-ring (bicyclic) bond motifs is 4. The number of benzene rings is 3. The number of aromatic nitrogens is 2. The van der Waals surface area contributed by atoms with E-state index in [1.165, 1.54) is 28.8 Å². The highest BCUT2D eigenvalue weighted by Crippen LogP contribution is 2.44. The number of aromatic amines is 1. The number of nitrogens with one attached hydrogen (secondary N) is 3. The summed E-state index contributed by atoms with van der Waals surface area (Å²) in [6, 6.07) is 22.8. The Hall–Kier alpha value is -5.76. The molecule has 0 radical (unpaired) electrons. The molecule has 0 saturated carbocycles. The van der Waals surface area contributed by atoms with Crippen molar-refractivity contribution in [2.75, 3.05) is 100 Å². The van der Waals surface area contributed by atoms with Crippen LogP contribution >= 0.6 is 11.6 Å². The van der Waals surface area contributed by atoms with Gasteiger partial charge in [0.15, 0.2) is 0 Å². The van der Waals surface area contributed by atoms with Crippen LogP contribution in [0.15, 0.2) is 89.5 Å². The number of H-pyrrole nitrogens is 1. The second-order valence-electron chi connectivity index (χ2n) is 20.7. The topological polar surface area (TPSA) is 182 Å². The molecule has 19 heteroatoms. The van der Waals surface area contributed by atoms with E-state index < -0.39 is 31.4 Å². The zero-order chi connectivity index (χ0) is 49.0. The minimum absolute atomic E-state index is 0.118. The Morgan fingerprint density at radius 3 is 2.52 bits per heavy atom. The number of likely N-dealkylation sites (tertiary alicyclic amines) is 2. The molecular formula is C52H61ClN10O7S. The summed E-state index contributed by atoms with van der Waals surface area (Å²) in [6.07, 6.45) is 6.73. The summed E-state index contributed by atoms with van der Waals surface area (Å²) in [5, 5.41) is 17.2. The Morgan fingerprint density at radius 1 is 0.958 bits per heavy atom. The molecule has 374 valence electrons. The quantitative estimate of drug-likeness (QED) is 0.0734. The number of anilines is 4. The Balaban J connectivity index is 0.822. The largest absolute Gasteiger partial charge is 0.476 e. The number of hydrogen-bond donors (Lipinski definition) is 3. The average Bonchev–Trinajstić information content (AvgIpc) is 4.04. The van der Waals surface area contributed by atoms with Crippen molar-refractivity contribution in [1.29, 1.82) is 0 Å². The number of amides is 1. The van der Waals surface area contributed by atoms with Gasteiger partial charge in [-0.25, -0.2) is 13.1 Å². The summed E-state index contributed by atoms with van der Waals surface area (Å²) in [7, 11) is -4.58. The van der Waals surface area contributed by atoms with Gasteiger partial charge in [0.1, 0.15) is 17.0 Å². The lowest BCUT2D eigenvalue weighted by Crippen LogP contribution is -2.57. The van der Waals surface area contributed by atoms with Gasteiger partial charge in [0.2, 0.25) is 5.88 Å². The first-order valence-electron chi connectivity index (χ1n) is 24.9. The van der Waals surface area contributed by atoms with Gasteiger partial charge < -0.3 is 29.6 Å². The summed E-state index contributed by atoms with van der Waals surface area (Å²) in [4.78, 5) is 45.6. The predicted molar refractivity (Wildman–Crippen MR) is 276 cm³/mol. The van der Waals surface area contributed by atoms with Crippen molar-refractivity contribution < 1.29 is 27.6 Å². The normalized spacial score (nSPS) is 22.0. The molecule has 6 aliphatic rings. The summed E-state index contributed by atoms with van der Waals surface area (Å²) in [6.45, 7) is 14.3. The van der Waals surface area contributed by atoms with Crippen molar-refractivity contribution in [3.05, 3.63) is 111 Å². The fourth-order valence-corrected chi connectivity index (χ4v) is 12.6. The van der Waals surface area contributed by atoms with Crippen molar-refractivity contribution in [1.82, 2.24) is 29.4 Å². The standard InChI is InChI=1S/C52H61ClN10O7S/c1-52(2)14-12-36(44(28-52)34-4-6-37(53)7-5-34)29-58-19-21-59(22-20-58)38-8-10-43(46(26-38)61-17-3-23-70-51-48(61)24-35-13-15-55-49(35)56-51)50(64)57-71(67,68)42-9-11-45(47(27-42)63(65)66)54-16-18-60-30-40-25-39(60)31-62(40)41-32-69-33-41/h4-11,13,15,24,26-27,39-41,54H,3,12,14,16-23,25,28-33H2,1-2H3,(H,55,56)(H,57,64). The van der Waals surface area contributed by atoms with Gasteiger partial charge in [-0.2, -0.15) is 4.98 Å². The van der Waals surface area contributed by atoms with Crippen LogP contribution in [0.4, 0.5) is 28.4 Å². The third-order valence-electron chi connectivity index (χ3n) is 15.5. The molecule has 0 spiro atoms. The van der Waals surface area contributed by atoms with E-state index in [1.807, 2.05) is 41.3 Å². The van der Waals surface area contributed by atoms with Crippen LogP contribution in [0.5, 0.6) is 5.88 Å². The van der Waals surface area contributed by atoms with Crippen molar-refractivity contribution in [2.24, 2.45) is 5.41 Å². The molecule has 3 N–H and O–H groups in total. The van der Waals surface area contributed by atoms with Crippen LogP contribution in [0.1, 0.15) is 61.9 Å². The number of halogens is 1. The smallest absolute Gasteiger partial charge is 0.293 e. The van der Waals surface area contributed by atoms with E-state index in [-0.39, 0.29) is 16.7 Å². The van der Waals surface area contributed by atoms with Crippen LogP contribution in [0.2, 0.25) is 5.02 Å². The maximum absolute atomic E-state index is 14.5. The molecule has 5 aliphatic heterocycles. The molecule has 4 fully saturated rings. The third kappa shape index (κ3) is 9.81. The highest BCUT2D eigenvalue weighted by atomic mass is 35.5. The molecule has 2 atom stereocenters. The molecule has 17 nitrogen and oxygen atoms in total. The Kier molecular flexibility index (Phi) is 13.0. The Labute approximate surface area is 419 Å². The number of piperazine rings is 2. The lowest BCUT2D eigenvalue weighted by molar-refractivity contribution is -0.384. The van der Waals surface area contributed by atoms with Gasteiger partial charge in [0.05, 0.1) is 46.9 Å². The van der Waals surface area contributed by atoms with E-state index in [0.717, 1.165) is 107 Å². The number of nitrogens with zero attached hydrogens (tertiary/aromatic N) is 7. The van der Waals surface area contributed by atoms with Gasteiger partial charge in [-0.1, -0.05) is 43.2 Å². The van der Waals surface area contributed by atoms with Crippen LogP contribution in [0.25, 0.3) is 16.6 Å². The van der Waals surface area contributed by atoms with Crippen LogP contribution in [0.3, 0.4) is 0 Å². The number of carbonyl (C=O) groups excluding carboxylic acids is 1. The SMILES string of the molecule is CC1(C)CCC(CN2CCN(c3ccc(C(=O)NS(=O)(=O)c4ccc(NCCN5CC6CC5CN6C5COC5)c([N+](=O)[O-])c4)c(N4CCCOc5nc6[nH]ccc6cc54)c3)CC2)=C(c2ccc(Cl)cc2)C1. The van der Waals surface area contributed by atoms with Crippen molar-refractivity contribution >= 4 is 72.6 Å². The first-order valence-corrected chi connectivity index (χ1v) is 26.7. The summed E-state index contributed by atoms with van der Waals surface area (Å²) in [5.74, 6) is -0.471. The average molecular weight is 1010 g/mol. The fraction of sp³-hybridized carbons (Fsp3) is 0.462. The summed E-state index contributed by atoms with van der Waals surface area (Å²) in [5.41, 5.74) is 6.99. The predicted octanol–water partition coefficient (Wildman–Crippen LogP) is 7.52. The van der Waals surface area contributed by atoms with E-state index >= 15 is 0 Å². The Morgan fingerprint density at radius 2 is 1.77 bits per heavy atom. The zero-order valence-corrected chi connectivity index (χ0v) is 41.8. The summed E-state index contributed by atoms with van der Waals surface area (Å²) < 4.78 is 42.0. The number of pyridine rings is 1. The number of nitro benzene ring substituents is 1. The van der Waals surface area contributed by atoms with Crippen molar-refractivity contribution in [2.45, 2.75) is 69.0 Å². The fourth-order valence-electron chi connectivity index (χ4n) is 11.5. The third-order valence-corrected chi connectivity index (χ3v) is 17.1. The number of allylic oxidation sites excluding steroid dienone is 1. The van der Waals surface area contributed by atoms with Gasteiger partial charge >= 0.3 is 0 Å². The number of carbonyl (C=O) groups is 1. The van der Waals surface area contributed by atoms with Gasteiger partial charge in [-0.05, 0) is 103 Å². The first kappa shape index (κ1) is 47.6. The molecule has 7 heterocycles. The van der Waals surface area contributed by atoms with Crippen LogP contribution in [-0.2, 0) is 14.8 Å². The molecule has 11 rings (SSSR count).